The van der Waals surface area contributed by atoms with Gasteiger partial charge in [-0.2, -0.15) is 4.68 Å². The molecule has 0 unspecified atom stereocenters. The summed E-state index contributed by atoms with van der Waals surface area (Å²) in [7, 11) is 0. The van der Waals surface area contributed by atoms with Gasteiger partial charge in [-0.15, -0.1) is 11.7 Å². The summed E-state index contributed by atoms with van der Waals surface area (Å²) in [6, 6.07) is 7.09. The lowest BCUT2D eigenvalue weighted by Crippen LogP contribution is -2.36. The number of hydrogen-bond acceptors (Lipinski definition) is 5. The van der Waals surface area contributed by atoms with Crippen LogP contribution in [0.25, 0.3) is 10.9 Å². The molecular formula is C13H16N4O2. The first kappa shape index (κ1) is 13.4. The van der Waals surface area contributed by atoms with Crippen molar-refractivity contribution in [2.24, 2.45) is 0 Å². The van der Waals surface area contributed by atoms with Crippen molar-refractivity contribution < 1.29 is 5.11 Å². The van der Waals surface area contributed by atoms with Gasteiger partial charge in [-0.25, -0.2) is 0 Å². The molecule has 6 nitrogen and oxygen atoms in total. The van der Waals surface area contributed by atoms with Crippen molar-refractivity contribution in [1.29, 1.82) is 0 Å². The Labute approximate surface area is 110 Å². The second-order valence-electron chi connectivity index (χ2n) is 4.14. The lowest BCUT2D eigenvalue weighted by atomic mass is 10.2. The Morgan fingerprint density at radius 1 is 1.42 bits per heavy atom. The summed E-state index contributed by atoms with van der Waals surface area (Å²) in [6.45, 7) is 4.97. The Morgan fingerprint density at radius 2 is 2.21 bits per heavy atom. The van der Waals surface area contributed by atoms with E-state index in [2.05, 4.69) is 16.9 Å². The molecule has 1 heterocycles. The second-order valence-corrected chi connectivity index (χ2v) is 4.14. The van der Waals surface area contributed by atoms with Crippen molar-refractivity contribution in [3.8, 4) is 0 Å². The summed E-state index contributed by atoms with van der Waals surface area (Å²) < 4.78 is 1.29. The minimum atomic E-state index is -0.183. The summed E-state index contributed by atoms with van der Waals surface area (Å²) in [5.74, 6) is 0. The van der Waals surface area contributed by atoms with Gasteiger partial charge < -0.3 is 5.11 Å². The summed E-state index contributed by atoms with van der Waals surface area (Å²) in [4.78, 5) is 14.1. The molecule has 19 heavy (non-hydrogen) atoms. The van der Waals surface area contributed by atoms with E-state index in [1.165, 1.54) is 4.68 Å². The predicted molar refractivity (Wildman–Crippen MR) is 72.7 cm³/mol. The first-order valence-corrected chi connectivity index (χ1v) is 6.03. The van der Waals surface area contributed by atoms with Gasteiger partial charge >= 0.3 is 0 Å². The maximum atomic E-state index is 12.2. The number of hydrogen-bond donors (Lipinski definition) is 1. The number of aliphatic hydroxyl groups is 1. The summed E-state index contributed by atoms with van der Waals surface area (Å²) in [5, 5.41) is 17.4. The highest BCUT2D eigenvalue weighted by molar-refractivity contribution is 5.76. The maximum absolute atomic E-state index is 12.2. The van der Waals surface area contributed by atoms with Crippen molar-refractivity contribution in [3.05, 3.63) is 47.3 Å². The van der Waals surface area contributed by atoms with Gasteiger partial charge in [-0.3, -0.25) is 9.69 Å². The van der Waals surface area contributed by atoms with E-state index in [1.54, 1.807) is 24.3 Å². The molecule has 0 bridgehead atoms. The quantitative estimate of drug-likeness (QED) is 0.753. The smallest absolute Gasteiger partial charge is 0.278 e. The number of fused-ring (bicyclic) bond motifs is 1. The minimum Gasteiger partial charge on any atom is -0.395 e. The predicted octanol–water partition coefficient (Wildman–Crippen LogP) is 0.229. The Hall–Kier alpha value is -2.05. The third-order valence-electron chi connectivity index (χ3n) is 2.77. The Kier molecular flexibility index (Phi) is 4.38. The van der Waals surface area contributed by atoms with Crippen LogP contribution in [0.5, 0.6) is 0 Å². The molecule has 0 saturated heterocycles. The van der Waals surface area contributed by atoms with Gasteiger partial charge in [-0.05, 0) is 12.1 Å². The molecule has 0 aliphatic rings. The highest BCUT2D eigenvalue weighted by Crippen LogP contribution is 2.03. The van der Waals surface area contributed by atoms with E-state index in [-0.39, 0.29) is 18.8 Å². The van der Waals surface area contributed by atoms with Crippen molar-refractivity contribution >= 4 is 10.9 Å². The Balaban J connectivity index is 2.32. The van der Waals surface area contributed by atoms with Gasteiger partial charge in [0, 0.05) is 13.1 Å². The molecule has 0 spiro atoms. The summed E-state index contributed by atoms with van der Waals surface area (Å²) >= 11 is 0. The zero-order valence-electron chi connectivity index (χ0n) is 10.6. The van der Waals surface area contributed by atoms with Crippen LogP contribution < -0.4 is 5.56 Å². The van der Waals surface area contributed by atoms with E-state index >= 15 is 0 Å². The highest BCUT2D eigenvalue weighted by atomic mass is 16.3. The topological polar surface area (TPSA) is 71.2 Å². The second kappa shape index (κ2) is 6.21. The number of rotatable bonds is 6. The maximum Gasteiger partial charge on any atom is 0.278 e. The van der Waals surface area contributed by atoms with E-state index in [1.807, 2.05) is 11.0 Å². The first-order chi connectivity index (χ1) is 9.26. The van der Waals surface area contributed by atoms with Crippen molar-refractivity contribution in [2.75, 3.05) is 19.7 Å². The van der Waals surface area contributed by atoms with Gasteiger partial charge in [0.1, 0.15) is 5.52 Å². The third-order valence-corrected chi connectivity index (χ3v) is 2.77. The van der Waals surface area contributed by atoms with E-state index in [9.17, 15) is 4.79 Å². The fourth-order valence-electron chi connectivity index (χ4n) is 1.85. The average Bonchev–Trinajstić information content (AvgIpc) is 2.43. The van der Waals surface area contributed by atoms with Crippen LogP contribution in [0.2, 0.25) is 0 Å². The lowest BCUT2D eigenvalue weighted by Gasteiger charge is -2.19. The Morgan fingerprint density at radius 3 is 2.95 bits per heavy atom. The normalized spacial score (nSPS) is 11.1. The molecule has 0 aliphatic heterocycles. The molecule has 2 aromatic rings. The average molecular weight is 260 g/mol. The van der Waals surface area contributed by atoms with Gasteiger partial charge in [0.05, 0.1) is 18.7 Å². The van der Waals surface area contributed by atoms with Crippen molar-refractivity contribution in [3.63, 3.8) is 0 Å². The van der Waals surface area contributed by atoms with Gasteiger partial charge in [-0.1, -0.05) is 23.4 Å². The van der Waals surface area contributed by atoms with Crippen LogP contribution in [-0.4, -0.2) is 44.7 Å². The largest absolute Gasteiger partial charge is 0.395 e. The fraction of sp³-hybridized carbons (Fsp3) is 0.308. The summed E-state index contributed by atoms with van der Waals surface area (Å²) in [5.41, 5.74) is 0.402. The van der Waals surface area contributed by atoms with Gasteiger partial charge in [0.25, 0.3) is 5.56 Å². The lowest BCUT2D eigenvalue weighted by molar-refractivity contribution is 0.167. The number of aliphatic hydroxyl groups excluding tert-OH is 1. The summed E-state index contributed by atoms with van der Waals surface area (Å²) in [6.07, 6.45) is 1.72. The van der Waals surface area contributed by atoms with Crippen molar-refractivity contribution in [1.82, 2.24) is 19.9 Å². The number of nitrogens with zero attached hydrogens (tertiary/aromatic N) is 4. The van der Waals surface area contributed by atoms with E-state index in [0.29, 0.717) is 24.0 Å². The number of benzene rings is 1. The first-order valence-electron chi connectivity index (χ1n) is 6.03. The zero-order chi connectivity index (χ0) is 13.7. The fourth-order valence-corrected chi connectivity index (χ4v) is 1.85. The molecule has 0 aliphatic carbocycles. The van der Waals surface area contributed by atoms with E-state index in [0.717, 1.165) is 0 Å². The van der Waals surface area contributed by atoms with Gasteiger partial charge in [0.2, 0.25) is 0 Å². The molecule has 2 rings (SSSR count). The van der Waals surface area contributed by atoms with Crippen LogP contribution in [0, 0.1) is 0 Å². The molecule has 0 radical (unpaired) electrons. The minimum absolute atomic E-state index is 0.0175. The van der Waals surface area contributed by atoms with Crippen LogP contribution in [0.4, 0.5) is 0 Å². The van der Waals surface area contributed by atoms with Crippen LogP contribution in [0.3, 0.4) is 0 Å². The molecule has 1 N–H and O–H groups in total. The third kappa shape index (κ3) is 3.04. The standard InChI is InChI=1S/C13H16N4O2/c1-2-7-16(8-9-18)10-17-13(19)11-5-3-4-6-12(11)14-15-17/h2-6,18H,1,7-10H2. The zero-order valence-corrected chi connectivity index (χ0v) is 10.6. The van der Waals surface area contributed by atoms with Crippen molar-refractivity contribution in [2.45, 2.75) is 6.67 Å². The molecular weight excluding hydrogens is 244 g/mol. The molecule has 0 saturated carbocycles. The molecule has 0 atom stereocenters. The molecule has 6 heteroatoms. The molecule has 0 fully saturated rings. The van der Waals surface area contributed by atoms with Crippen LogP contribution >= 0.6 is 0 Å². The molecule has 0 amide bonds. The van der Waals surface area contributed by atoms with Gasteiger partial charge in [0.15, 0.2) is 0 Å². The van der Waals surface area contributed by atoms with Crippen LogP contribution in [-0.2, 0) is 6.67 Å². The molecule has 1 aromatic heterocycles. The van der Waals surface area contributed by atoms with Crippen LogP contribution in [0.1, 0.15) is 0 Å². The molecule has 100 valence electrons. The monoisotopic (exact) mass is 260 g/mol. The van der Waals surface area contributed by atoms with E-state index in [4.69, 9.17) is 5.11 Å². The SMILES string of the molecule is C=CCN(CCO)Cn1nnc2ccccc2c1=O. The van der Waals surface area contributed by atoms with E-state index < -0.39 is 0 Å². The number of aromatic nitrogens is 3. The molecule has 1 aromatic carbocycles. The Bertz CT molecular complexity index is 623. The van der Waals surface area contributed by atoms with Crippen LogP contribution in [0.15, 0.2) is 41.7 Å². The highest BCUT2D eigenvalue weighted by Gasteiger charge is 2.08.